The van der Waals surface area contributed by atoms with Crippen LogP contribution in [0.3, 0.4) is 0 Å². The van der Waals surface area contributed by atoms with Crippen LogP contribution in [0.1, 0.15) is 52.8 Å². The molecule has 0 aliphatic carbocycles. The third-order valence-electron chi connectivity index (χ3n) is 7.43. The standard InChI is InChI=1S/C30H35N7O3/c1-17(2)28-27-18(3)29(30(38)37-9-11-40-12-10-37)36(5)24(27)14-26(35-28)34-22-13-23(33-19(4)20(22)15-31)21-16-32-8-7-25(21)39-6/h7-8,13-17,31H,9-12H2,1-6H3,(H,33,34,35). The summed E-state index contributed by atoms with van der Waals surface area (Å²) in [6.45, 7) is 10.4. The normalized spacial score (nSPS) is 13.6. The van der Waals surface area contributed by atoms with Crippen molar-refractivity contribution in [1.29, 1.82) is 5.41 Å². The molecule has 0 saturated carbocycles. The van der Waals surface area contributed by atoms with Gasteiger partial charge in [-0.15, -0.1) is 0 Å². The highest BCUT2D eigenvalue weighted by Crippen LogP contribution is 2.36. The molecule has 0 spiro atoms. The van der Waals surface area contributed by atoms with E-state index in [1.54, 1.807) is 25.6 Å². The molecule has 40 heavy (non-hydrogen) atoms. The molecule has 1 saturated heterocycles. The summed E-state index contributed by atoms with van der Waals surface area (Å²) in [6, 6.07) is 5.65. The summed E-state index contributed by atoms with van der Waals surface area (Å²) in [5, 5.41) is 12.5. The molecule has 0 unspecified atom stereocenters. The lowest BCUT2D eigenvalue weighted by Gasteiger charge is -2.27. The van der Waals surface area contributed by atoms with Gasteiger partial charge in [0.2, 0.25) is 0 Å². The zero-order chi connectivity index (χ0) is 28.6. The monoisotopic (exact) mass is 541 g/mol. The Hall–Kier alpha value is -4.31. The molecule has 1 fully saturated rings. The van der Waals surface area contributed by atoms with E-state index in [1.807, 2.05) is 42.5 Å². The minimum atomic E-state index is 0.00891. The summed E-state index contributed by atoms with van der Waals surface area (Å²) in [7, 11) is 3.55. The van der Waals surface area contributed by atoms with E-state index in [4.69, 9.17) is 24.9 Å². The van der Waals surface area contributed by atoms with Gasteiger partial charge in [0.15, 0.2) is 0 Å². The Labute approximate surface area is 233 Å². The first-order valence-electron chi connectivity index (χ1n) is 13.4. The molecule has 1 aliphatic rings. The number of nitrogens with one attached hydrogen (secondary N) is 2. The fourth-order valence-electron chi connectivity index (χ4n) is 5.39. The summed E-state index contributed by atoms with van der Waals surface area (Å²) in [5.74, 6) is 1.41. The molecule has 0 radical (unpaired) electrons. The van der Waals surface area contributed by atoms with E-state index in [-0.39, 0.29) is 11.8 Å². The Morgan fingerprint density at radius 3 is 2.62 bits per heavy atom. The first-order valence-corrected chi connectivity index (χ1v) is 13.4. The van der Waals surface area contributed by atoms with E-state index >= 15 is 0 Å². The Morgan fingerprint density at radius 2 is 1.95 bits per heavy atom. The first-order chi connectivity index (χ1) is 19.2. The molecule has 5 rings (SSSR count). The first kappa shape index (κ1) is 27.3. The summed E-state index contributed by atoms with van der Waals surface area (Å²) >= 11 is 0. The van der Waals surface area contributed by atoms with Crippen molar-refractivity contribution in [2.45, 2.75) is 33.6 Å². The number of carbonyl (C=O) groups is 1. The summed E-state index contributed by atoms with van der Waals surface area (Å²) < 4.78 is 13.0. The second-order valence-electron chi connectivity index (χ2n) is 10.3. The number of amides is 1. The van der Waals surface area contributed by atoms with Crippen LogP contribution in [-0.2, 0) is 11.8 Å². The van der Waals surface area contributed by atoms with Crippen LogP contribution in [0.5, 0.6) is 5.75 Å². The number of anilines is 2. The fraction of sp³-hybridized carbons (Fsp3) is 0.367. The van der Waals surface area contributed by atoms with Gasteiger partial charge in [-0.3, -0.25) is 14.8 Å². The molecule has 10 nitrogen and oxygen atoms in total. The van der Waals surface area contributed by atoms with Gasteiger partial charge in [0.05, 0.1) is 48.5 Å². The summed E-state index contributed by atoms with van der Waals surface area (Å²) in [4.78, 5) is 29.4. The predicted octanol–water partition coefficient (Wildman–Crippen LogP) is 4.99. The van der Waals surface area contributed by atoms with E-state index in [2.05, 4.69) is 24.1 Å². The predicted molar refractivity (Wildman–Crippen MR) is 156 cm³/mol. The van der Waals surface area contributed by atoms with Crippen LogP contribution in [0.25, 0.3) is 22.2 Å². The molecule has 2 N–H and O–H groups in total. The van der Waals surface area contributed by atoms with Crippen molar-refractivity contribution < 1.29 is 14.3 Å². The Morgan fingerprint density at radius 1 is 1.20 bits per heavy atom. The number of rotatable bonds is 7. The van der Waals surface area contributed by atoms with Gasteiger partial charge in [-0.1, -0.05) is 13.8 Å². The molecular weight excluding hydrogens is 506 g/mol. The largest absolute Gasteiger partial charge is 0.496 e. The lowest BCUT2D eigenvalue weighted by molar-refractivity contribution is 0.0296. The van der Waals surface area contributed by atoms with E-state index in [9.17, 15) is 4.79 Å². The number of morpholine rings is 1. The number of aryl methyl sites for hydroxylation is 3. The number of fused-ring (bicyclic) bond motifs is 1. The van der Waals surface area contributed by atoms with Crippen molar-refractivity contribution in [2.75, 3.05) is 38.7 Å². The second-order valence-corrected chi connectivity index (χ2v) is 10.3. The van der Waals surface area contributed by atoms with Crippen LogP contribution >= 0.6 is 0 Å². The molecule has 4 aromatic heterocycles. The smallest absolute Gasteiger partial charge is 0.270 e. The van der Waals surface area contributed by atoms with E-state index in [0.29, 0.717) is 66.2 Å². The highest BCUT2D eigenvalue weighted by atomic mass is 16.5. The van der Waals surface area contributed by atoms with Crippen LogP contribution in [0.2, 0.25) is 0 Å². The number of methoxy groups -OCH3 is 1. The molecular formula is C30H35N7O3. The van der Waals surface area contributed by atoms with Gasteiger partial charge in [0.25, 0.3) is 5.91 Å². The maximum Gasteiger partial charge on any atom is 0.270 e. The quantitative estimate of drug-likeness (QED) is 0.316. The number of nitrogens with zero attached hydrogens (tertiary/aromatic N) is 5. The number of hydrogen-bond donors (Lipinski definition) is 2. The molecule has 208 valence electrons. The van der Waals surface area contributed by atoms with E-state index < -0.39 is 0 Å². The SMILES string of the molecule is COc1ccncc1-c1cc(Nc2cc3c(c(C(C)C)n2)c(C)c(C(=O)N2CCOCC2)n3C)c(C=N)c(C)n1. The zero-order valence-electron chi connectivity index (χ0n) is 23.8. The highest BCUT2D eigenvalue weighted by molar-refractivity contribution is 6.03. The molecule has 5 heterocycles. The van der Waals surface area contributed by atoms with E-state index in [1.165, 1.54) is 6.21 Å². The minimum absolute atomic E-state index is 0.00891. The number of ether oxygens (including phenoxy) is 2. The lowest BCUT2D eigenvalue weighted by atomic mass is 10.0. The maximum absolute atomic E-state index is 13.6. The molecule has 0 atom stereocenters. The fourth-order valence-corrected chi connectivity index (χ4v) is 5.39. The third kappa shape index (κ3) is 4.79. The lowest BCUT2D eigenvalue weighted by Crippen LogP contribution is -2.41. The highest BCUT2D eigenvalue weighted by Gasteiger charge is 2.27. The Bertz CT molecular complexity index is 1600. The van der Waals surface area contributed by atoms with Gasteiger partial charge in [0.1, 0.15) is 17.3 Å². The molecule has 1 amide bonds. The van der Waals surface area contributed by atoms with Crippen LogP contribution < -0.4 is 10.1 Å². The number of hydrogen-bond acceptors (Lipinski definition) is 8. The molecule has 4 aromatic rings. The van der Waals surface area contributed by atoms with Gasteiger partial charge in [0, 0.05) is 61.5 Å². The third-order valence-corrected chi connectivity index (χ3v) is 7.43. The van der Waals surface area contributed by atoms with E-state index in [0.717, 1.165) is 27.7 Å². The van der Waals surface area contributed by atoms with Gasteiger partial charge < -0.3 is 29.7 Å². The van der Waals surface area contributed by atoms with Crippen LogP contribution in [0.4, 0.5) is 11.5 Å². The number of aromatic nitrogens is 4. The Balaban J connectivity index is 1.63. The van der Waals surface area contributed by atoms with Crippen molar-refractivity contribution in [3.63, 3.8) is 0 Å². The maximum atomic E-state index is 13.6. The van der Waals surface area contributed by atoms with Crippen molar-refractivity contribution in [3.05, 3.63) is 58.8 Å². The zero-order valence-corrected chi connectivity index (χ0v) is 23.8. The summed E-state index contributed by atoms with van der Waals surface area (Å²) in [5.41, 5.74) is 6.91. The average Bonchev–Trinajstić information content (AvgIpc) is 3.21. The molecule has 10 heteroatoms. The van der Waals surface area contributed by atoms with Gasteiger partial charge >= 0.3 is 0 Å². The molecule has 1 aliphatic heterocycles. The minimum Gasteiger partial charge on any atom is -0.496 e. The Kier molecular flexibility index (Phi) is 7.53. The topological polar surface area (TPSA) is 118 Å². The average molecular weight is 542 g/mol. The van der Waals surface area contributed by atoms with Crippen molar-refractivity contribution in [1.82, 2.24) is 24.4 Å². The van der Waals surface area contributed by atoms with Gasteiger partial charge in [-0.25, -0.2) is 4.98 Å². The van der Waals surface area contributed by atoms with Crippen LogP contribution in [0, 0.1) is 19.3 Å². The van der Waals surface area contributed by atoms with Crippen molar-refractivity contribution in [2.24, 2.45) is 7.05 Å². The summed E-state index contributed by atoms with van der Waals surface area (Å²) in [6.07, 6.45) is 4.69. The molecule has 0 aromatic carbocycles. The van der Waals surface area contributed by atoms with Gasteiger partial charge in [-0.05, 0) is 37.5 Å². The van der Waals surface area contributed by atoms with Crippen LogP contribution in [0.15, 0.2) is 30.6 Å². The number of pyridine rings is 3. The number of carbonyl (C=O) groups excluding carboxylic acids is 1. The molecule has 0 bridgehead atoms. The van der Waals surface area contributed by atoms with Crippen LogP contribution in [-0.4, -0.2) is 70.0 Å². The van der Waals surface area contributed by atoms with Crippen molar-refractivity contribution in [3.8, 4) is 17.0 Å². The second kappa shape index (κ2) is 11.1. The van der Waals surface area contributed by atoms with Gasteiger partial charge in [-0.2, -0.15) is 0 Å². The van der Waals surface area contributed by atoms with Crippen molar-refractivity contribution >= 4 is 34.5 Å².